The quantitative estimate of drug-likeness (QED) is 0.541. The number of aromatic nitrogens is 1. The van der Waals surface area contributed by atoms with Gasteiger partial charge in [-0.25, -0.2) is 0 Å². The molecule has 1 aromatic heterocycles. The Kier molecular flexibility index (Phi) is 4.99. The predicted octanol–water partition coefficient (Wildman–Crippen LogP) is 5.79. The van der Waals surface area contributed by atoms with Crippen molar-refractivity contribution in [3.63, 3.8) is 0 Å². The number of hydrogen-bond donors (Lipinski definition) is 0. The topological polar surface area (TPSA) is 48.4 Å². The van der Waals surface area contributed by atoms with E-state index in [9.17, 15) is 4.79 Å². The average molecular weight is 360 g/mol. The molecule has 0 saturated carbocycles. The molecule has 120 valence electrons. The van der Waals surface area contributed by atoms with Crippen LogP contribution < -0.4 is 9.47 Å². The molecule has 0 amide bonds. The van der Waals surface area contributed by atoms with E-state index < -0.39 is 0 Å². The van der Waals surface area contributed by atoms with E-state index >= 15 is 0 Å². The fourth-order valence-electron chi connectivity index (χ4n) is 1.97. The number of pyridine rings is 1. The number of benzene rings is 2. The number of carbonyl (C=O) groups is 1. The maximum Gasteiger partial charge on any atom is 0.159 e. The van der Waals surface area contributed by atoms with Crippen LogP contribution in [0.2, 0.25) is 10.0 Å². The average Bonchev–Trinajstić information content (AvgIpc) is 2.59. The fraction of sp³-hybridized carbons (Fsp3) is 0. The highest BCUT2D eigenvalue weighted by molar-refractivity contribution is 6.30. The molecule has 4 nitrogen and oxygen atoms in total. The Morgan fingerprint density at radius 1 is 0.750 bits per heavy atom. The van der Waals surface area contributed by atoms with Crippen molar-refractivity contribution < 1.29 is 14.3 Å². The Bertz CT molecular complexity index is 783. The van der Waals surface area contributed by atoms with Crippen molar-refractivity contribution in [3.8, 4) is 23.0 Å². The third-order valence-corrected chi connectivity index (χ3v) is 3.62. The van der Waals surface area contributed by atoms with Gasteiger partial charge in [0.1, 0.15) is 17.1 Å². The smallest absolute Gasteiger partial charge is 0.159 e. The second kappa shape index (κ2) is 7.34. The first-order valence-corrected chi connectivity index (χ1v) is 7.71. The summed E-state index contributed by atoms with van der Waals surface area (Å²) in [4.78, 5) is 15.6. The van der Waals surface area contributed by atoms with Gasteiger partial charge in [0.25, 0.3) is 0 Å². The number of rotatable bonds is 5. The number of halogens is 2. The summed E-state index contributed by atoms with van der Waals surface area (Å²) in [6.07, 6.45) is 3.57. The molecule has 0 spiro atoms. The van der Waals surface area contributed by atoms with Gasteiger partial charge in [-0.1, -0.05) is 23.2 Å². The van der Waals surface area contributed by atoms with Crippen LogP contribution in [0.15, 0.2) is 60.9 Å². The van der Waals surface area contributed by atoms with Gasteiger partial charge in [-0.2, -0.15) is 0 Å². The summed E-state index contributed by atoms with van der Waals surface area (Å²) in [5.74, 6) is 1.65. The van der Waals surface area contributed by atoms with Crippen LogP contribution in [0.1, 0.15) is 10.4 Å². The van der Waals surface area contributed by atoms with Crippen molar-refractivity contribution in [1.82, 2.24) is 4.98 Å². The van der Waals surface area contributed by atoms with Gasteiger partial charge >= 0.3 is 0 Å². The van der Waals surface area contributed by atoms with E-state index in [0.29, 0.717) is 39.3 Å². The van der Waals surface area contributed by atoms with Crippen molar-refractivity contribution in [2.45, 2.75) is 0 Å². The van der Waals surface area contributed by atoms with Crippen molar-refractivity contribution >= 4 is 29.5 Å². The van der Waals surface area contributed by atoms with Gasteiger partial charge in [-0.15, -0.1) is 0 Å². The molecule has 0 unspecified atom stereocenters. The first-order valence-electron chi connectivity index (χ1n) is 6.96. The van der Waals surface area contributed by atoms with E-state index in [4.69, 9.17) is 32.7 Å². The van der Waals surface area contributed by atoms with Crippen LogP contribution in [0.25, 0.3) is 0 Å². The van der Waals surface area contributed by atoms with E-state index in [1.54, 1.807) is 48.5 Å². The van der Waals surface area contributed by atoms with E-state index in [0.717, 1.165) is 0 Å². The highest BCUT2D eigenvalue weighted by atomic mass is 35.5. The second-order valence-corrected chi connectivity index (χ2v) is 5.65. The summed E-state index contributed by atoms with van der Waals surface area (Å²) in [6, 6.07) is 13.6. The SMILES string of the molecule is O=Cc1c(Oc2ccc(Cl)cc2)cncc1Oc1ccc(Cl)cc1. The molecule has 24 heavy (non-hydrogen) atoms. The number of nitrogens with zero attached hydrogens (tertiary/aromatic N) is 1. The summed E-state index contributed by atoms with van der Waals surface area (Å²) in [5, 5.41) is 1.19. The third-order valence-electron chi connectivity index (χ3n) is 3.12. The molecule has 0 N–H and O–H groups in total. The van der Waals surface area contributed by atoms with Crippen LogP contribution in [0.5, 0.6) is 23.0 Å². The molecule has 0 aliphatic carbocycles. The normalized spacial score (nSPS) is 10.2. The Morgan fingerprint density at radius 2 is 1.17 bits per heavy atom. The van der Waals surface area contributed by atoms with Crippen LogP contribution in [-0.2, 0) is 0 Å². The van der Waals surface area contributed by atoms with Crippen LogP contribution in [0.4, 0.5) is 0 Å². The maximum absolute atomic E-state index is 11.5. The van der Waals surface area contributed by atoms with Crippen molar-refractivity contribution in [1.29, 1.82) is 0 Å². The van der Waals surface area contributed by atoms with E-state index in [1.165, 1.54) is 12.4 Å². The largest absolute Gasteiger partial charge is 0.455 e. The molecule has 0 bridgehead atoms. The highest BCUT2D eigenvalue weighted by Gasteiger charge is 2.13. The van der Waals surface area contributed by atoms with Gasteiger partial charge in [-0.05, 0) is 48.5 Å². The minimum atomic E-state index is 0.259. The lowest BCUT2D eigenvalue weighted by Gasteiger charge is -2.12. The number of ether oxygens (including phenoxy) is 2. The Labute approximate surface area is 148 Å². The van der Waals surface area contributed by atoms with Crippen LogP contribution >= 0.6 is 23.2 Å². The number of hydrogen-bond acceptors (Lipinski definition) is 4. The molecule has 6 heteroatoms. The summed E-state index contributed by atoms with van der Waals surface area (Å²) in [6.45, 7) is 0. The zero-order valence-electron chi connectivity index (χ0n) is 12.3. The van der Waals surface area contributed by atoms with Gasteiger partial charge < -0.3 is 9.47 Å². The van der Waals surface area contributed by atoms with Gasteiger partial charge in [0.15, 0.2) is 17.8 Å². The first-order chi connectivity index (χ1) is 11.7. The summed E-state index contributed by atoms with van der Waals surface area (Å²) >= 11 is 11.7. The number of carbonyl (C=O) groups excluding carboxylic acids is 1. The molecule has 0 fully saturated rings. The molecule has 3 rings (SSSR count). The molecule has 1 heterocycles. The Morgan fingerprint density at radius 3 is 1.54 bits per heavy atom. The lowest BCUT2D eigenvalue weighted by molar-refractivity contribution is 0.111. The molecular weight excluding hydrogens is 349 g/mol. The molecule has 3 aromatic rings. The second-order valence-electron chi connectivity index (χ2n) is 4.78. The summed E-state index contributed by atoms with van der Waals surface area (Å²) < 4.78 is 11.4. The Balaban J connectivity index is 1.89. The minimum Gasteiger partial charge on any atom is -0.455 e. The lowest BCUT2D eigenvalue weighted by atomic mass is 10.2. The minimum absolute atomic E-state index is 0.259. The lowest BCUT2D eigenvalue weighted by Crippen LogP contribution is -1.96. The van der Waals surface area contributed by atoms with Crippen LogP contribution in [0, 0.1) is 0 Å². The first kappa shape index (κ1) is 16.3. The van der Waals surface area contributed by atoms with Gasteiger partial charge in [0.05, 0.1) is 12.4 Å². The van der Waals surface area contributed by atoms with E-state index in [-0.39, 0.29) is 5.56 Å². The summed E-state index contributed by atoms with van der Waals surface area (Å²) in [7, 11) is 0. The molecule has 2 aromatic carbocycles. The molecular formula is C18H11Cl2NO3. The molecule has 0 saturated heterocycles. The van der Waals surface area contributed by atoms with Gasteiger partial charge in [-0.3, -0.25) is 9.78 Å². The van der Waals surface area contributed by atoms with Gasteiger partial charge in [0, 0.05) is 10.0 Å². The van der Waals surface area contributed by atoms with Crippen molar-refractivity contribution in [2.75, 3.05) is 0 Å². The predicted molar refractivity (Wildman–Crippen MR) is 92.7 cm³/mol. The maximum atomic E-state index is 11.5. The zero-order chi connectivity index (χ0) is 16.9. The summed E-state index contributed by atoms with van der Waals surface area (Å²) in [5.41, 5.74) is 0.259. The molecule has 0 aliphatic rings. The monoisotopic (exact) mass is 359 g/mol. The molecule has 0 aliphatic heterocycles. The van der Waals surface area contributed by atoms with Crippen molar-refractivity contribution in [3.05, 3.63) is 76.5 Å². The van der Waals surface area contributed by atoms with Crippen LogP contribution in [-0.4, -0.2) is 11.3 Å². The fourth-order valence-corrected chi connectivity index (χ4v) is 2.22. The molecule has 0 atom stereocenters. The van der Waals surface area contributed by atoms with Crippen molar-refractivity contribution in [2.24, 2.45) is 0 Å². The number of aldehydes is 1. The highest BCUT2D eigenvalue weighted by Crippen LogP contribution is 2.32. The van der Waals surface area contributed by atoms with E-state index in [1.807, 2.05) is 0 Å². The van der Waals surface area contributed by atoms with Gasteiger partial charge in [0.2, 0.25) is 0 Å². The Hall–Kier alpha value is -2.56. The van der Waals surface area contributed by atoms with Crippen LogP contribution in [0.3, 0.4) is 0 Å². The molecule has 0 radical (unpaired) electrons. The third kappa shape index (κ3) is 3.85. The van der Waals surface area contributed by atoms with E-state index in [2.05, 4.69) is 4.98 Å². The standard InChI is InChI=1S/C18H11Cl2NO3/c19-12-1-5-14(6-2-12)23-17-9-21-10-18(16(17)11-22)24-15-7-3-13(20)4-8-15/h1-11H. The zero-order valence-corrected chi connectivity index (χ0v) is 13.8.